The number of amidine groups is 1. The molecule has 0 aliphatic carbocycles. The Balaban J connectivity index is 2.01. The number of nitrogen functional groups attached to an aromatic ring is 1. The molecule has 2 aromatic rings. The van der Waals surface area contributed by atoms with Crippen LogP contribution in [0.2, 0.25) is 0 Å². The molecule has 5 heteroatoms. The van der Waals surface area contributed by atoms with Crippen molar-refractivity contribution in [1.29, 1.82) is 5.41 Å². The quantitative estimate of drug-likeness (QED) is 0.669. The first kappa shape index (κ1) is 13.5. The van der Waals surface area contributed by atoms with Gasteiger partial charge in [0, 0.05) is 5.56 Å². The average molecular weight is 323 g/mol. The zero-order valence-corrected chi connectivity index (χ0v) is 11.6. The Hall–Kier alpha value is -1.88. The molecule has 98 valence electrons. The second kappa shape index (κ2) is 5.84. The summed E-state index contributed by atoms with van der Waals surface area (Å²) in [5.74, 6) is 0.397. The lowest BCUT2D eigenvalue weighted by atomic mass is 10.2. The van der Waals surface area contributed by atoms with Gasteiger partial charge in [-0.15, -0.1) is 0 Å². The molecule has 0 spiro atoms. The van der Waals surface area contributed by atoms with Crippen molar-refractivity contribution in [3.8, 4) is 5.75 Å². The Morgan fingerprint density at radius 1 is 1.21 bits per heavy atom. The number of hydrogen-bond donors (Lipinski definition) is 2. The third-order valence-corrected chi connectivity index (χ3v) is 3.16. The minimum atomic E-state index is -0.297. The number of ether oxygens (including phenoxy) is 1. The first-order valence-electron chi connectivity index (χ1n) is 5.57. The van der Waals surface area contributed by atoms with Gasteiger partial charge >= 0.3 is 0 Å². The molecule has 0 saturated carbocycles. The van der Waals surface area contributed by atoms with E-state index in [1.807, 2.05) is 0 Å². The van der Waals surface area contributed by atoms with Crippen LogP contribution in [0.3, 0.4) is 0 Å². The van der Waals surface area contributed by atoms with Gasteiger partial charge in [-0.05, 0) is 57.9 Å². The Kier molecular flexibility index (Phi) is 4.16. The van der Waals surface area contributed by atoms with Gasteiger partial charge in [-0.25, -0.2) is 4.39 Å². The molecule has 0 atom stereocenters. The second-order valence-corrected chi connectivity index (χ2v) is 4.83. The lowest BCUT2D eigenvalue weighted by Crippen LogP contribution is -2.10. The van der Waals surface area contributed by atoms with Crippen LogP contribution in [0, 0.1) is 11.2 Å². The Labute approximate surface area is 118 Å². The number of nitrogens with one attached hydrogen (secondary N) is 1. The van der Waals surface area contributed by atoms with Crippen molar-refractivity contribution in [2.24, 2.45) is 5.73 Å². The Morgan fingerprint density at radius 2 is 1.89 bits per heavy atom. The lowest BCUT2D eigenvalue weighted by Gasteiger charge is -2.07. The minimum absolute atomic E-state index is 0.0222. The van der Waals surface area contributed by atoms with Crippen molar-refractivity contribution < 1.29 is 9.13 Å². The van der Waals surface area contributed by atoms with Gasteiger partial charge in [-0.1, -0.05) is 6.07 Å². The molecule has 0 amide bonds. The standard InChI is InChI=1S/C14H12BrFN2O/c15-12-7-9(1-6-13(12)16)8-19-11-4-2-10(3-5-11)14(17)18/h1-7H,8H2,(H3,17,18). The highest BCUT2D eigenvalue weighted by atomic mass is 79.9. The Morgan fingerprint density at radius 3 is 2.47 bits per heavy atom. The van der Waals surface area contributed by atoms with Gasteiger partial charge < -0.3 is 10.5 Å². The van der Waals surface area contributed by atoms with Crippen molar-refractivity contribution in [1.82, 2.24) is 0 Å². The summed E-state index contributed by atoms with van der Waals surface area (Å²) in [6.45, 7) is 0.346. The van der Waals surface area contributed by atoms with E-state index >= 15 is 0 Å². The van der Waals surface area contributed by atoms with Crippen LogP contribution in [0.15, 0.2) is 46.9 Å². The fourth-order valence-electron chi connectivity index (χ4n) is 1.53. The van der Waals surface area contributed by atoms with Gasteiger partial charge in [-0.2, -0.15) is 0 Å². The van der Waals surface area contributed by atoms with Gasteiger partial charge in [0.2, 0.25) is 0 Å². The molecule has 0 aromatic heterocycles. The fraction of sp³-hybridized carbons (Fsp3) is 0.0714. The summed E-state index contributed by atoms with van der Waals surface area (Å²) in [4.78, 5) is 0. The van der Waals surface area contributed by atoms with Crippen LogP contribution < -0.4 is 10.5 Å². The smallest absolute Gasteiger partial charge is 0.137 e. The maximum Gasteiger partial charge on any atom is 0.137 e. The molecule has 0 unspecified atom stereocenters. The summed E-state index contributed by atoms with van der Waals surface area (Å²) in [5, 5.41) is 7.28. The Bertz CT molecular complexity index is 599. The van der Waals surface area contributed by atoms with E-state index in [1.165, 1.54) is 6.07 Å². The van der Waals surface area contributed by atoms with Gasteiger partial charge in [0.25, 0.3) is 0 Å². The molecule has 0 bridgehead atoms. The molecule has 0 radical (unpaired) electrons. The number of hydrogen-bond acceptors (Lipinski definition) is 2. The molecule has 19 heavy (non-hydrogen) atoms. The van der Waals surface area contributed by atoms with Gasteiger partial charge in [-0.3, -0.25) is 5.41 Å². The van der Waals surface area contributed by atoms with E-state index in [0.29, 0.717) is 22.4 Å². The van der Waals surface area contributed by atoms with Crippen molar-refractivity contribution >= 4 is 21.8 Å². The molecule has 3 nitrogen and oxygen atoms in total. The highest BCUT2D eigenvalue weighted by molar-refractivity contribution is 9.10. The number of halogens is 2. The van der Waals surface area contributed by atoms with Crippen LogP contribution in [0.4, 0.5) is 4.39 Å². The van der Waals surface area contributed by atoms with E-state index in [-0.39, 0.29) is 11.7 Å². The molecule has 0 fully saturated rings. The van der Waals surface area contributed by atoms with Crippen LogP contribution in [-0.2, 0) is 6.61 Å². The molecular formula is C14H12BrFN2O. The predicted molar refractivity (Wildman–Crippen MR) is 75.9 cm³/mol. The van der Waals surface area contributed by atoms with Crippen molar-refractivity contribution in [2.45, 2.75) is 6.61 Å². The second-order valence-electron chi connectivity index (χ2n) is 3.98. The van der Waals surface area contributed by atoms with Gasteiger partial charge in [0.05, 0.1) is 4.47 Å². The van der Waals surface area contributed by atoms with E-state index in [2.05, 4.69) is 15.9 Å². The lowest BCUT2D eigenvalue weighted by molar-refractivity contribution is 0.306. The summed E-state index contributed by atoms with van der Waals surface area (Å²) >= 11 is 3.13. The van der Waals surface area contributed by atoms with Crippen molar-refractivity contribution in [3.05, 3.63) is 63.9 Å². The number of rotatable bonds is 4. The van der Waals surface area contributed by atoms with Crippen LogP contribution in [0.1, 0.15) is 11.1 Å². The van der Waals surface area contributed by atoms with E-state index in [4.69, 9.17) is 15.9 Å². The summed E-state index contributed by atoms with van der Waals surface area (Å²) in [6, 6.07) is 11.7. The molecule has 2 rings (SSSR count). The molecule has 0 saturated heterocycles. The van der Waals surface area contributed by atoms with E-state index in [0.717, 1.165) is 5.56 Å². The molecule has 0 heterocycles. The maximum atomic E-state index is 13.1. The zero-order valence-electron chi connectivity index (χ0n) is 9.99. The highest BCUT2D eigenvalue weighted by Crippen LogP contribution is 2.19. The first-order valence-corrected chi connectivity index (χ1v) is 6.37. The van der Waals surface area contributed by atoms with Crippen molar-refractivity contribution in [2.75, 3.05) is 0 Å². The zero-order chi connectivity index (χ0) is 13.8. The topological polar surface area (TPSA) is 59.1 Å². The van der Waals surface area contributed by atoms with Gasteiger partial charge in [0.1, 0.15) is 24.0 Å². The summed E-state index contributed by atoms with van der Waals surface area (Å²) in [6.07, 6.45) is 0. The van der Waals surface area contributed by atoms with Crippen molar-refractivity contribution in [3.63, 3.8) is 0 Å². The largest absolute Gasteiger partial charge is 0.489 e. The minimum Gasteiger partial charge on any atom is -0.489 e. The third-order valence-electron chi connectivity index (χ3n) is 2.55. The molecule has 3 N–H and O–H groups in total. The SMILES string of the molecule is N=C(N)c1ccc(OCc2ccc(F)c(Br)c2)cc1. The summed E-state index contributed by atoms with van der Waals surface area (Å²) in [5.41, 5.74) is 6.88. The van der Waals surface area contributed by atoms with Crippen LogP contribution in [0.5, 0.6) is 5.75 Å². The average Bonchev–Trinajstić information content (AvgIpc) is 2.40. The molecule has 0 aliphatic heterocycles. The van der Waals surface area contributed by atoms with E-state index in [9.17, 15) is 4.39 Å². The third kappa shape index (κ3) is 3.54. The molecule has 2 aromatic carbocycles. The number of nitrogens with two attached hydrogens (primary N) is 1. The fourth-order valence-corrected chi connectivity index (χ4v) is 1.95. The summed E-state index contributed by atoms with van der Waals surface area (Å²) < 4.78 is 19.0. The summed E-state index contributed by atoms with van der Waals surface area (Å²) in [7, 11) is 0. The predicted octanol–water partition coefficient (Wildman–Crippen LogP) is 3.45. The maximum absolute atomic E-state index is 13.1. The van der Waals surface area contributed by atoms with E-state index < -0.39 is 0 Å². The first-order chi connectivity index (χ1) is 9.06. The molecule has 0 aliphatic rings. The normalized spacial score (nSPS) is 10.2. The highest BCUT2D eigenvalue weighted by Gasteiger charge is 2.02. The number of benzene rings is 2. The van der Waals surface area contributed by atoms with Crippen LogP contribution >= 0.6 is 15.9 Å². The van der Waals surface area contributed by atoms with Crippen LogP contribution in [0.25, 0.3) is 0 Å². The van der Waals surface area contributed by atoms with Crippen LogP contribution in [-0.4, -0.2) is 5.84 Å². The van der Waals surface area contributed by atoms with Gasteiger partial charge in [0.15, 0.2) is 0 Å². The monoisotopic (exact) mass is 322 g/mol. The van der Waals surface area contributed by atoms with E-state index in [1.54, 1.807) is 36.4 Å². The molecular weight excluding hydrogens is 311 g/mol.